The summed E-state index contributed by atoms with van der Waals surface area (Å²) in [5, 5.41) is 42.9. The van der Waals surface area contributed by atoms with Crippen LogP contribution < -0.4 is 15.6 Å². The van der Waals surface area contributed by atoms with Gasteiger partial charge in [0.25, 0.3) is 5.91 Å². The zero-order valence-electron chi connectivity index (χ0n) is 15.4. The van der Waals surface area contributed by atoms with Crippen LogP contribution in [0.25, 0.3) is 0 Å². The van der Waals surface area contributed by atoms with Gasteiger partial charge in [0.05, 0.1) is 11.4 Å². The van der Waals surface area contributed by atoms with Gasteiger partial charge < -0.3 is 36.3 Å². The number of hydrogen-bond acceptors (Lipinski definition) is 8. The molecule has 0 heterocycles. The second kappa shape index (κ2) is 21.5. The number of nitrogens with one attached hydrogen (secondary N) is 1. The first-order valence-electron chi connectivity index (χ1n) is 6.79. The Bertz CT molecular complexity index is 590. The van der Waals surface area contributed by atoms with Gasteiger partial charge in [0.15, 0.2) is 0 Å². The number of carboxylic acid groups (broad SMARTS) is 1. The van der Waals surface area contributed by atoms with Crippen LogP contribution in [0.3, 0.4) is 0 Å². The van der Waals surface area contributed by atoms with Crippen LogP contribution in [0.1, 0.15) is 38.1 Å². The topological polar surface area (TPSA) is 223 Å². The molecule has 0 aliphatic heterocycles. The summed E-state index contributed by atoms with van der Waals surface area (Å²) < 4.78 is 0. The summed E-state index contributed by atoms with van der Waals surface area (Å²) in [6.07, 6.45) is 0. The van der Waals surface area contributed by atoms with Gasteiger partial charge in [-0.05, 0) is 27.7 Å². The summed E-state index contributed by atoms with van der Waals surface area (Å²) in [6, 6.07) is 5.85. The number of hydrogen-bond donors (Lipinski definition) is 3. The fourth-order valence-corrected chi connectivity index (χ4v) is 1.00. The third-order valence-electron chi connectivity index (χ3n) is 2.13. The minimum atomic E-state index is -1.08. The SMILES string of the molecule is CC(=N\O)/C(C)=N/NC(=O)c1ccccc1[O-].CC(=O)[O-].CCO.[Ni+2].[OH3+].[OH3+]. The Hall–Kier alpha value is -2.53. The minimum absolute atomic E-state index is 0. The largest absolute Gasteiger partial charge is 2.00 e. The predicted molar refractivity (Wildman–Crippen MR) is 94.5 cm³/mol. The van der Waals surface area contributed by atoms with Gasteiger partial charge in [-0.3, -0.25) is 4.79 Å². The van der Waals surface area contributed by atoms with Crippen LogP contribution >= 0.6 is 0 Å². The third kappa shape index (κ3) is 19.6. The number of nitrogens with zero attached hydrogens (tertiary/aromatic N) is 2. The van der Waals surface area contributed by atoms with E-state index in [2.05, 4.69) is 15.7 Å². The van der Waals surface area contributed by atoms with Gasteiger partial charge in [-0.25, -0.2) is 5.43 Å². The molecule has 9 N–H and O–H groups in total. The fraction of sp³-hybridized carbons (Fsp3) is 0.333. The molecule has 0 aromatic heterocycles. The number of para-hydroxylation sites is 1. The Morgan fingerprint density at radius 1 is 1.11 bits per heavy atom. The number of carbonyl (C=O) groups excluding carboxylic acids is 2. The number of carboxylic acids is 1. The van der Waals surface area contributed by atoms with Crippen LogP contribution in [0.5, 0.6) is 5.75 Å². The normalized spacial score (nSPS) is 9.37. The van der Waals surface area contributed by atoms with Crippen molar-refractivity contribution in [1.29, 1.82) is 0 Å². The number of hydrazone groups is 1. The summed E-state index contributed by atoms with van der Waals surface area (Å²) in [5.41, 5.74) is 2.86. The van der Waals surface area contributed by atoms with Crippen molar-refractivity contribution < 1.29 is 57.6 Å². The van der Waals surface area contributed by atoms with Gasteiger partial charge in [-0.1, -0.05) is 35.2 Å². The van der Waals surface area contributed by atoms with Crippen LogP contribution in [0.15, 0.2) is 34.5 Å². The molecule has 0 atom stereocenters. The van der Waals surface area contributed by atoms with Crippen LogP contribution in [-0.2, 0) is 32.2 Å². The summed E-state index contributed by atoms with van der Waals surface area (Å²) in [5.74, 6) is -2.05. The van der Waals surface area contributed by atoms with Gasteiger partial charge in [0.1, 0.15) is 0 Å². The van der Waals surface area contributed by atoms with Crippen molar-refractivity contribution in [1.82, 2.24) is 5.43 Å². The second-order valence-electron chi connectivity index (χ2n) is 4.13. The molecule has 1 aromatic rings. The van der Waals surface area contributed by atoms with Gasteiger partial charge in [-0.15, -0.1) is 0 Å². The number of aliphatic hydroxyl groups excluding tert-OH is 1. The number of rotatable bonds is 3. The molecule has 0 fully saturated rings. The quantitative estimate of drug-likeness (QED) is 0.154. The molecule has 27 heavy (non-hydrogen) atoms. The smallest absolute Gasteiger partial charge is 0.872 e. The average molecular weight is 436 g/mol. The molecule has 0 aliphatic rings. The van der Waals surface area contributed by atoms with E-state index in [-0.39, 0.29) is 51.1 Å². The van der Waals surface area contributed by atoms with Gasteiger partial charge in [0, 0.05) is 18.1 Å². The van der Waals surface area contributed by atoms with E-state index in [9.17, 15) is 9.90 Å². The maximum Gasteiger partial charge on any atom is 2.00 e. The number of benzene rings is 1. The molecule has 1 rings (SSSR count). The van der Waals surface area contributed by atoms with Crippen LogP contribution in [-0.4, -0.2) is 40.2 Å². The first-order chi connectivity index (χ1) is 11.2. The van der Waals surface area contributed by atoms with Gasteiger partial charge in [0.2, 0.25) is 0 Å². The first kappa shape index (κ1) is 35.6. The molecule has 0 saturated heterocycles. The maximum atomic E-state index is 11.6. The molecule has 11 nitrogen and oxygen atoms in total. The number of amides is 1. The summed E-state index contributed by atoms with van der Waals surface area (Å²) in [7, 11) is 0. The molecule has 0 radical (unpaired) electrons. The van der Waals surface area contributed by atoms with Crippen molar-refractivity contribution in [3.8, 4) is 5.75 Å². The van der Waals surface area contributed by atoms with Crippen molar-refractivity contribution in [2.45, 2.75) is 27.7 Å². The monoisotopic (exact) mass is 435 g/mol. The summed E-state index contributed by atoms with van der Waals surface area (Å²) in [4.78, 5) is 20.4. The van der Waals surface area contributed by atoms with Crippen LogP contribution in [0.4, 0.5) is 0 Å². The number of aliphatic carboxylic acids is 1. The van der Waals surface area contributed by atoms with E-state index in [1.165, 1.54) is 19.1 Å². The first-order valence-corrected chi connectivity index (χ1v) is 6.79. The molecule has 12 heteroatoms. The maximum absolute atomic E-state index is 11.6. The van der Waals surface area contributed by atoms with Crippen molar-refractivity contribution in [2.24, 2.45) is 10.3 Å². The molecular formula is C15H27N3NiO8+2. The molecule has 158 valence electrons. The molecule has 0 saturated carbocycles. The Labute approximate surface area is 167 Å². The second-order valence-corrected chi connectivity index (χ2v) is 4.13. The van der Waals surface area contributed by atoms with E-state index in [1.807, 2.05) is 0 Å². The third-order valence-corrected chi connectivity index (χ3v) is 2.13. The van der Waals surface area contributed by atoms with Gasteiger partial charge in [-0.2, -0.15) is 5.10 Å². The zero-order chi connectivity index (χ0) is 19.1. The Morgan fingerprint density at radius 2 is 1.52 bits per heavy atom. The molecule has 0 unspecified atom stereocenters. The van der Waals surface area contributed by atoms with E-state index >= 15 is 0 Å². The molecule has 0 bridgehead atoms. The standard InChI is InChI=1S/C11H13N3O3.C2H4O2.C2H6O.Ni.2H2O/c1-7(8(2)14-17)12-13-11(16)9-5-3-4-6-10(9)15;1-2(3)4;1-2-3;;;/h3-6,15,17H,1-2H3,(H,13,16);1H3,(H,3,4);3H,2H2,1H3;;2*1H2/q;;;+2;;/b12-7+,14-8+;;;;;. The van der Waals surface area contributed by atoms with E-state index in [0.29, 0.717) is 5.71 Å². The molecule has 1 amide bonds. The van der Waals surface area contributed by atoms with Crippen LogP contribution in [0, 0.1) is 0 Å². The molecular weight excluding hydrogens is 409 g/mol. The van der Waals surface area contributed by atoms with E-state index < -0.39 is 11.9 Å². The Kier molecular flexibility index (Phi) is 28.3. The van der Waals surface area contributed by atoms with Gasteiger partial charge >= 0.3 is 16.5 Å². The average Bonchev–Trinajstić information content (AvgIpc) is 2.52. The molecule has 0 spiro atoms. The van der Waals surface area contributed by atoms with E-state index in [0.717, 1.165) is 6.92 Å². The zero-order valence-corrected chi connectivity index (χ0v) is 16.4. The van der Waals surface area contributed by atoms with E-state index in [4.69, 9.17) is 20.2 Å². The van der Waals surface area contributed by atoms with Crippen molar-refractivity contribution >= 4 is 23.3 Å². The fourth-order valence-electron chi connectivity index (χ4n) is 1.00. The van der Waals surface area contributed by atoms with Crippen molar-refractivity contribution in [3.63, 3.8) is 0 Å². The van der Waals surface area contributed by atoms with Crippen molar-refractivity contribution in [3.05, 3.63) is 29.8 Å². The predicted octanol–water partition coefficient (Wildman–Crippen LogP) is -2.38. The number of aliphatic hydroxyl groups is 1. The Morgan fingerprint density at radius 3 is 1.89 bits per heavy atom. The summed E-state index contributed by atoms with van der Waals surface area (Å²) in [6.45, 7) is 6.00. The van der Waals surface area contributed by atoms with E-state index in [1.54, 1.807) is 26.0 Å². The number of oxime groups is 1. The minimum Gasteiger partial charge on any atom is -0.872 e. The van der Waals surface area contributed by atoms with Crippen molar-refractivity contribution in [2.75, 3.05) is 6.61 Å². The molecule has 1 aromatic carbocycles. The summed E-state index contributed by atoms with van der Waals surface area (Å²) >= 11 is 0. The Balaban J connectivity index is -0.000000140. The number of carbonyl (C=O) groups is 2. The molecule has 0 aliphatic carbocycles. The van der Waals surface area contributed by atoms with Crippen LogP contribution in [0.2, 0.25) is 0 Å².